The van der Waals surface area contributed by atoms with Crippen LogP contribution in [0, 0.1) is 13.8 Å². The third-order valence-corrected chi connectivity index (χ3v) is 5.28. The fourth-order valence-electron chi connectivity index (χ4n) is 3.47. The molecule has 0 spiro atoms. The Hall–Kier alpha value is -0.379. The number of carbonyl (C=O) groups is 1. The van der Waals surface area contributed by atoms with E-state index < -0.39 is 46.0 Å². The van der Waals surface area contributed by atoms with Crippen molar-refractivity contribution in [3.05, 3.63) is 22.8 Å². The monoisotopic (exact) mass is 508 g/mol. The van der Waals surface area contributed by atoms with Gasteiger partial charge in [-0.3, -0.25) is 4.90 Å². The largest absolute Gasteiger partial charge is 1.00 e. The summed E-state index contributed by atoms with van der Waals surface area (Å²) in [6, 6.07) is 1.12. The van der Waals surface area contributed by atoms with E-state index in [4.69, 9.17) is 4.74 Å². The van der Waals surface area contributed by atoms with Crippen molar-refractivity contribution in [2.45, 2.75) is 46.8 Å². The average molecular weight is 508 g/mol. The zero-order valence-electron chi connectivity index (χ0n) is 19.0. The van der Waals surface area contributed by atoms with Gasteiger partial charge in [0.25, 0.3) is 0 Å². The minimum Gasteiger partial charge on any atom is -0.445 e. The van der Waals surface area contributed by atoms with Crippen LogP contribution in [0.25, 0.3) is 0 Å². The van der Waals surface area contributed by atoms with Gasteiger partial charge in [-0.05, 0) is 51.8 Å². The van der Waals surface area contributed by atoms with E-state index in [2.05, 4.69) is 4.18 Å². The van der Waals surface area contributed by atoms with Crippen LogP contribution in [0.2, 0.25) is 0 Å². The van der Waals surface area contributed by atoms with E-state index in [9.17, 15) is 30.0 Å². The van der Waals surface area contributed by atoms with Crippen molar-refractivity contribution in [1.29, 1.82) is 0 Å². The maximum atomic E-state index is 13.6. The van der Waals surface area contributed by atoms with Crippen molar-refractivity contribution >= 4 is 29.0 Å². The van der Waals surface area contributed by atoms with Gasteiger partial charge >= 0.3 is 75.0 Å². The van der Waals surface area contributed by atoms with Crippen molar-refractivity contribution in [2.24, 2.45) is 0 Å². The fraction of sp³-hybridized carbons (Fsp3) is 0.611. The summed E-state index contributed by atoms with van der Waals surface area (Å²) >= 11 is 0. The standard InChI is InChI=1S/C18H26BF4N2O5S.K/c1-12-14(10-15(30-31(23,27)28)13(2)16(12)19(20,21)22)11-24-6-8-25(9-7-24)17(26)29-18(3,4)5;/h10H,6-9,11H2,1-5H3;/q-1;+1. The van der Waals surface area contributed by atoms with Gasteiger partial charge in [-0.2, -0.15) is 8.42 Å². The molecule has 0 aromatic heterocycles. The first-order valence-electron chi connectivity index (χ1n) is 9.65. The molecular weight excluding hydrogens is 482 g/mol. The van der Waals surface area contributed by atoms with Gasteiger partial charge < -0.3 is 26.8 Å². The number of hydrogen-bond acceptors (Lipinski definition) is 6. The van der Waals surface area contributed by atoms with E-state index in [1.54, 1.807) is 20.8 Å². The molecule has 0 N–H and O–H groups in total. The van der Waals surface area contributed by atoms with Gasteiger partial charge in [0.1, 0.15) is 11.4 Å². The molecule has 7 nitrogen and oxygen atoms in total. The third-order valence-electron chi connectivity index (χ3n) is 4.90. The molecule has 14 heteroatoms. The van der Waals surface area contributed by atoms with E-state index in [0.717, 1.165) is 13.0 Å². The van der Waals surface area contributed by atoms with Crippen molar-refractivity contribution in [3.8, 4) is 5.75 Å². The van der Waals surface area contributed by atoms with E-state index in [0.29, 0.717) is 26.2 Å². The summed E-state index contributed by atoms with van der Waals surface area (Å²) in [5, 5.41) is 0. The maximum Gasteiger partial charge on any atom is 1.00 e. The number of ether oxygens (including phenoxy) is 1. The SMILES string of the molecule is Cc1c(CN2CCN(C(=O)OC(C)(C)C)CC2)cc(OS(=O)(=O)F)c(C)c1[B-](F)(F)F.[K+]. The summed E-state index contributed by atoms with van der Waals surface area (Å²) in [5.74, 6) is -0.690. The Bertz CT molecular complexity index is 946. The smallest absolute Gasteiger partial charge is 0.445 e. The van der Waals surface area contributed by atoms with Gasteiger partial charge in [0, 0.05) is 32.7 Å². The summed E-state index contributed by atoms with van der Waals surface area (Å²) < 4.78 is 85.2. The number of nitrogens with zero attached hydrogens (tertiary/aromatic N) is 2. The summed E-state index contributed by atoms with van der Waals surface area (Å²) in [5.41, 5.74) is -2.02. The Kier molecular flexibility index (Phi) is 10.1. The van der Waals surface area contributed by atoms with Crippen LogP contribution in [0.15, 0.2) is 6.07 Å². The second-order valence-electron chi connectivity index (χ2n) is 8.49. The second kappa shape index (κ2) is 10.9. The van der Waals surface area contributed by atoms with Crippen LogP contribution in [0.5, 0.6) is 5.75 Å². The molecule has 1 amide bonds. The minimum atomic E-state index is -5.49. The van der Waals surface area contributed by atoms with E-state index in [-0.39, 0.29) is 69.1 Å². The fourth-order valence-corrected chi connectivity index (χ4v) is 3.85. The van der Waals surface area contributed by atoms with Gasteiger partial charge in [-0.15, -0.1) is 0 Å². The molecule has 32 heavy (non-hydrogen) atoms. The summed E-state index contributed by atoms with van der Waals surface area (Å²) in [6.07, 6.45) is -0.468. The van der Waals surface area contributed by atoms with Gasteiger partial charge in [-0.25, -0.2) is 4.79 Å². The van der Waals surface area contributed by atoms with E-state index in [1.807, 2.05) is 4.90 Å². The molecule has 0 radical (unpaired) electrons. The zero-order valence-corrected chi connectivity index (χ0v) is 23.0. The molecule has 0 aliphatic carbocycles. The molecule has 1 aliphatic rings. The summed E-state index contributed by atoms with van der Waals surface area (Å²) in [7, 11) is -5.49. The predicted molar refractivity (Wildman–Crippen MR) is 108 cm³/mol. The first-order chi connectivity index (χ1) is 14.0. The van der Waals surface area contributed by atoms with Gasteiger partial charge in [0.05, 0.1) is 0 Å². The van der Waals surface area contributed by atoms with Gasteiger partial charge in [-0.1, -0.05) is 14.9 Å². The van der Waals surface area contributed by atoms with E-state index in [1.165, 1.54) is 11.8 Å². The molecular formula is C18H26BF4KN2O5S. The van der Waals surface area contributed by atoms with Crippen LogP contribution in [0.1, 0.15) is 37.5 Å². The molecule has 1 aliphatic heterocycles. The van der Waals surface area contributed by atoms with Crippen molar-refractivity contribution in [2.75, 3.05) is 26.2 Å². The Morgan fingerprint density at radius 3 is 2.06 bits per heavy atom. The van der Waals surface area contributed by atoms with E-state index >= 15 is 0 Å². The molecule has 0 unspecified atom stereocenters. The average Bonchev–Trinajstić information content (AvgIpc) is 2.56. The van der Waals surface area contributed by atoms with Crippen molar-refractivity contribution < 1.29 is 90.3 Å². The molecule has 176 valence electrons. The number of piperazine rings is 1. The summed E-state index contributed by atoms with van der Waals surface area (Å²) in [6.45, 7) is 3.52. The van der Waals surface area contributed by atoms with Gasteiger partial charge in [0.15, 0.2) is 0 Å². The van der Waals surface area contributed by atoms with Crippen LogP contribution < -0.4 is 61.0 Å². The zero-order chi connectivity index (χ0) is 23.8. The van der Waals surface area contributed by atoms with Gasteiger partial charge in [0.2, 0.25) is 0 Å². The first-order valence-corrected chi connectivity index (χ1v) is 11.0. The molecule has 1 saturated heterocycles. The number of halogens is 4. The predicted octanol–water partition coefficient (Wildman–Crippen LogP) is 0.00764. The Balaban J connectivity index is 0.00000512. The number of rotatable bonds is 5. The number of carbonyl (C=O) groups excluding carboxylic acids is 1. The van der Waals surface area contributed by atoms with Crippen LogP contribution in [-0.4, -0.2) is 63.1 Å². The molecule has 0 bridgehead atoms. The number of hydrogen-bond donors (Lipinski definition) is 0. The molecule has 0 atom stereocenters. The van der Waals surface area contributed by atoms with Crippen molar-refractivity contribution in [3.63, 3.8) is 0 Å². The Morgan fingerprint density at radius 1 is 1.09 bits per heavy atom. The normalized spacial score (nSPS) is 15.8. The quantitative estimate of drug-likeness (QED) is 0.317. The first kappa shape index (κ1) is 29.7. The molecule has 1 fully saturated rings. The molecule has 1 aromatic rings. The minimum absolute atomic E-state index is 0. The molecule has 2 rings (SSSR count). The molecule has 0 saturated carbocycles. The van der Waals surface area contributed by atoms with Crippen LogP contribution in [0.4, 0.5) is 21.6 Å². The topological polar surface area (TPSA) is 76.2 Å². The van der Waals surface area contributed by atoms with Crippen LogP contribution in [0.3, 0.4) is 0 Å². The maximum absolute atomic E-state index is 13.6. The molecule has 1 heterocycles. The van der Waals surface area contributed by atoms with Crippen LogP contribution in [-0.2, 0) is 21.8 Å². The van der Waals surface area contributed by atoms with Crippen molar-refractivity contribution in [1.82, 2.24) is 9.80 Å². The second-order valence-corrected chi connectivity index (χ2v) is 9.45. The Morgan fingerprint density at radius 2 is 1.62 bits per heavy atom. The van der Waals surface area contributed by atoms with Crippen LogP contribution >= 0.6 is 0 Å². The third kappa shape index (κ3) is 8.44. The summed E-state index contributed by atoms with van der Waals surface area (Å²) in [4.78, 5) is 15.5. The number of benzene rings is 1. The number of amides is 1. The molecule has 1 aromatic carbocycles. The Labute approximate surface area is 228 Å².